The molecular formula is C13H16N4O3. The monoisotopic (exact) mass is 276 g/mol. The molecule has 0 amide bonds. The van der Waals surface area contributed by atoms with Crippen LogP contribution in [-0.2, 0) is 0 Å². The van der Waals surface area contributed by atoms with Crippen molar-refractivity contribution in [3.63, 3.8) is 0 Å². The highest BCUT2D eigenvalue weighted by Crippen LogP contribution is 2.09. The largest absolute Gasteiger partial charge is 0.294 e. The molecule has 0 aliphatic carbocycles. The van der Waals surface area contributed by atoms with Crippen molar-refractivity contribution in [3.05, 3.63) is 51.1 Å². The molecule has 0 bridgehead atoms. The van der Waals surface area contributed by atoms with Gasteiger partial charge in [0.05, 0.1) is 16.2 Å². The summed E-state index contributed by atoms with van der Waals surface area (Å²) in [5.41, 5.74) is 3.11. The number of rotatable bonds is 2. The Kier molecular flexibility index (Phi) is 5.08. The second-order valence-corrected chi connectivity index (χ2v) is 4.28. The highest BCUT2D eigenvalue weighted by molar-refractivity contribution is 5.96. The first-order valence-corrected chi connectivity index (χ1v) is 5.92. The second-order valence-electron chi connectivity index (χ2n) is 4.28. The minimum Gasteiger partial charge on any atom is -0.294 e. The van der Waals surface area contributed by atoms with E-state index >= 15 is 0 Å². The molecule has 0 saturated carbocycles. The van der Waals surface area contributed by atoms with E-state index < -0.39 is 4.92 Å². The fourth-order valence-electron chi connectivity index (χ4n) is 1.71. The van der Waals surface area contributed by atoms with Gasteiger partial charge in [0.1, 0.15) is 0 Å². The third-order valence-electron chi connectivity index (χ3n) is 2.57. The van der Waals surface area contributed by atoms with Crippen LogP contribution in [0.25, 0.3) is 0 Å². The molecule has 2 aromatic heterocycles. The van der Waals surface area contributed by atoms with Crippen LogP contribution in [0.2, 0.25) is 0 Å². The Morgan fingerprint density at radius 1 is 1.35 bits per heavy atom. The molecule has 0 unspecified atom stereocenters. The van der Waals surface area contributed by atoms with Gasteiger partial charge >= 0.3 is 0 Å². The standard InChI is InChI=1S/C7H10N2O.C6H6N2O2/c1-4-7(6(3)10)5(2)9-8-4;1-5-4-6(8(9)10)2-3-7-5/h1-3H3,(H,8,9);2-4H,1H3. The lowest BCUT2D eigenvalue weighted by Gasteiger charge is -1.90. The van der Waals surface area contributed by atoms with Crippen molar-refractivity contribution < 1.29 is 9.72 Å². The van der Waals surface area contributed by atoms with E-state index in [4.69, 9.17) is 0 Å². The number of hydrogen-bond acceptors (Lipinski definition) is 5. The van der Waals surface area contributed by atoms with Gasteiger partial charge in [-0.25, -0.2) is 0 Å². The van der Waals surface area contributed by atoms with E-state index in [0.29, 0.717) is 5.69 Å². The van der Waals surface area contributed by atoms with Crippen molar-refractivity contribution >= 4 is 11.5 Å². The molecule has 20 heavy (non-hydrogen) atoms. The number of aromatic amines is 1. The van der Waals surface area contributed by atoms with Gasteiger partial charge in [-0.2, -0.15) is 5.10 Å². The Bertz CT molecular complexity index is 615. The summed E-state index contributed by atoms with van der Waals surface area (Å²) >= 11 is 0. The molecule has 2 heterocycles. The lowest BCUT2D eigenvalue weighted by Crippen LogP contribution is -1.94. The van der Waals surface area contributed by atoms with E-state index in [1.54, 1.807) is 13.8 Å². The number of H-pyrrole nitrogens is 1. The number of aromatic nitrogens is 3. The predicted molar refractivity (Wildman–Crippen MR) is 73.7 cm³/mol. The number of aryl methyl sites for hydroxylation is 3. The van der Waals surface area contributed by atoms with E-state index in [2.05, 4.69) is 15.2 Å². The molecule has 0 aliphatic heterocycles. The van der Waals surface area contributed by atoms with Crippen molar-refractivity contribution in [3.8, 4) is 0 Å². The van der Waals surface area contributed by atoms with E-state index in [1.807, 2.05) is 13.8 Å². The average Bonchev–Trinajstić information content (AvgIpc) is 2.69. The van der Waals surface area contributed by atoms with E-state index in [1.165, 1.54) is 18.3 Å². The van der Waals surface area contributed by atoms with Crippen LogP contribution in [0.15, 0.2) is 18.3 Å². The number of carbonyl (C=O) groups excluding carboxylic acids is 1. The SMILES string of the molecule is CC(=O)c1c(C)n[nH]c1C.Cc1cc([N+](=O)[O-])ccn1. The zero-order valence-electron chi connectivity index (χ0n) is 11.8. The average molecular weight is 276 g/mol. The van der Waals surface area contributed by atoms with Gasteiger partial charge in [0.25, 0.3) is 5.69 Å². The molecule has 0 radical (unpaired) electrons. The highest BCUT2D eigenvalue weighted by atomic mass is 16.6. The quantitative estimate of drug-likeness (QED) is 0.516. The number of nitrogens with one attached hydrogen (secondary N) is 1. The Labute approximate surface area is 116 Å². The first-order chi connectivity index (χ1) is 9.32. The fraction of sp³-hybridized carbons (Fsp3) is 0.308. The van der Waals surface area contributed by atoms with E-state index in [0.717, 1.165) is 17.0 Å². The molecule has 0 aromatic carbocycles. The number of Topliss-reactive ketones (excluding diaryl/α,β-unsaturated/α-hetero) is 1. The van der Waals surface area contributed by atoms with Gasteiger partial charge in [0.15, 0.2) is 5.78 Å². The molecule has 1 N–H and O–H groups in total. The van der Waals surface area contributed by atoms with Gasteiger partial charge < -0.3 is 0 Å². The van der Waals surface area contributed by atoms with Crippen LogP contribution in [0, 0.1) is 30.9 Å². The minimum absolute atomic E-state index is 0.0729. The zero-order chi connectivity index (χ0) is 15.3. The minimum atomic E-state index is -0.436. The number of nitrogens with zero attached hydrogens (tertiary/aromatic N) is 3. The highest BCUT2D eigenvalue weighted by Gasteiger charge is 2.09. The maximum atomic E-state index is 10.9. The first kappa shape index (κ1) is 15.5. The summed E-state index contributed by atoms with van der Waals surface area (Å²) in [6, 6.07) is 2.80. The van der Waals surface area contributed by atoms with Crippen LogP contribution >= 0.6 is 0 Å². The van der Waals surface area contributed by atoms with Gasteiger partial charge in [0.2, 0.25) is 0 Å². The molecule has 106 valence electrons. The lowest BCUT2D eigenvalue weighted by atomic mass is 10.1. The summed E-state index contributed by atoms with van der Waals surface area (Å²) in [6.45, 7) is 6.93. The van der Waals surface area contributed by atoms with Crippen molar-refractivity contribution in [2.75, 3.05) is 0 Å². The van der Waals surface area contributed by atoms with E-state index in [9.17, 15) is 14.9 Å². The van der Waals surface area contributed by atoms with Gasteiger partial charge in [-0.3, -0.25) is 25.0 Å². The lowest BCUT2D eigenvalue weighted by molar-refractivity contribution is -0.385. The number of ketones is 1. The summed E-state index contributed by atoms with van der Waals surface area (Å²) in [5.74, 6) is 0.0729. The molecule has 0 fully saturated rings. The third-order valence-corrected chi connectivity index (χ3v) is 2.57. The molecule has 2 aromatic rings. The van der Waals surface area contributed by atoms with Gasteiger partial charge in [-0.1, -0.05) is 0 Å². The predicted octanol–water partition coefficient (Wildman–Crippen LogP) is 2.53. The summed E-state index contributed by atoms with van der Waals surface area (Å²) in [7, 11) is 0. The maximum Gasteiger partial charge on any atom is 0.272 e. The summed E-state index contributed by atoms with van der Waals surface area (Å²) in [4.78, 5) is 24.4. The number of nitro groups is 1. The molecule has 7 heteroatoms. The number of hydrogen-bond donors (Lipinski definition) is 1. The molecule has 0 aliphatic rings. The van der Waals surface area contributed by atoms with Gasteiger partial charge in [-0.15, -0.1) is 0 Å². The van der Waals surface area contributed by atoms with Crippen molar-refractivity contribution in [1.82, 2.24) is 15.2 Å². The van der Waals surface area contributed by atoms with Gasteiger partial charge in [-0.05, 0) is 27.7 Å². The molecule has 0 saturated heterocycles. The smallest absolute Gasteiger partial charge is 0.272 e. The Hall–Kier alpha value is -2.57. The summed E-state index contributed by atoms with van der Waals surface area (Å²) in [6.07, 6.45) is 1.42. The van der Waals surface area contributed by atoms with Crippen molar-refractivity contribution in [2.45, 2.75) is 27.7 Å². The molecule has 0 spiro atoms. The van der Waals surface area contributed by atoms with Crippen molar-refractivity contribution in [1.29, 1.82) is 0 Å². The van der Waals surface area contributed by atoms with Crippen LogP contribution in [0.5, 0.6) is 0 Å². The summed E-state index contributed by atoms with van der Waals surface area (Å²) < 4.78 is 0. The molecule has 7 nitrogen and oxygen atoms in total. The normalized spacial score (nSPS) is 9.60. The Morgan fingerprint density at radius 3 is 2.30 bits per heavy atom. The molecular weight excluding hydrogens is 260 g/mol. The van der Waals surface area contributed by atoms with Crippen LogP contribution in [-0.4, -0.2) is 25.9 Å². The van der Waals surface area contributed by atoms with Crippen LogP contribution < -0.4 is 0 Å². The number of carbonyl (C=O) groups is 1. The van der Waals surface area contributed by atoms with Crippen LogP contribution in [0.3, 0.4) is 0 Å². The topological polar surface area (TPSA) is 102 Å². The molecule has 0 atom stereocenters. The van der Waals surface area contributed by atoms with Crippen LogP contribution in [0.1, 0.15) is 34.4 Å². The maximum absolute atomic E-state index is 10.9. The number of pyridine rings is 1. The van der Waals surface area contributed by atoms with Crippen molar-refractivity contribution in [2.24, 2.45) is 0 Å². The summed E-state index contributed by atoms with van der Waals surface area (Å²) in [5, 5.41) is 16.8. The van der Waals surface area contributed by atoms with E-state index in [-0.39, 0.29) is 11.5 Å². The fourth-order valence-corrected chi connectivity index (χ4v) is 1.71. The Morgan fingerprint density at radius 2 is 2.00 bits per heavy atom. The Balaban J connectivity index is 0.000000200. The van der Waals surface area contributed by atoms with Crippen LogP contribution in [0.4, 0.5) is 5.69 Å². The van der Waals surface area contributed by atoms with Gasteiger partial charge in [0, 0.05) is 29.7 Å². The second kappa shape index (κ2) is 6.55. The molecule has 2 rings (SSSR count). The third kappa shape index (κ3) is 3.98. The zero-order valence-corrected chi connectivity index (χ0v) is 11.8. The first-order valence-electron chi connectivity index (χ1n) is 5.92.